The number of thiol groups is 1. The summed E-state index contributed by atoms with van der Waals surface area (Å²) in [5.41, 5.74) is -0.955. The number of hydrogen-bond donors (Lipinski definition) is 1. The van der Waals surface area contributed by atoms with Gasteiger partial charge in [0.1, 0.15) is 0 Å². The van der Waals surface area contributed by atoms with Crippen LogP contribution in [0.25, 0.3) is 0 Å². The van der Waals surface area contributed by atoms with Gasteiger partial charge in [-0.2, -0.15) is 12.6 Å². The molecule has 0 amide bonds. The van der Waals surface area contributed by atoms with Gasteiger partial charge < -0.3 is 14.0 Å². The van der Waals surface area contributed by atoms with E-state index in [2.05, 4.69) is 12.6 Å². The molecule has 1 aliphatic heterocycles. The highest BCUT2D eigenvalue weighted by Gasteiger charge is 2.52. The molecule has 0 aromatic rings. The molecule has 0 saturated carbocycles. The molecule has 0 radical (unpaired) electrons. The minimum atomic E-state index is -0.348. The normalized spacial score (nSPS) is 23.3. The van der Waals surface area contributed by atoms with Gasteiger partial charge in [-0.25, -0.2) is 0 Å². The summed E-state index contributed by atoms with van der Waals surface area (Å²) in [5.74, 6) is 0. The van der Waals surface area contributed by atoms with E-state index in [1.54, 1.807) is 0 Å². The molecule has 0 aliphatic carbocycles. The standard InChI is InChI=1S/C12H26B2O3S/c1-9(2)10(3,4)17-14(16-9)13-15-11(5,6)12(7,8)18/h13,18H,1-8H3. The van der Waals surface area contributed by atoms with Crippen molar-refractivity contribution in [1.82, 2.24) is 0 Å². The molecule has 0 bridgehead atoms. The fourth-order valence-corrected chi connectivity index (χ4v) is 1.55. The van der Waals surface area contributed by atoms with Crippen LogP contribution in [0.15, 0.2) is 0 Å². The van der Waals surface area contributed by atoms with Crippen LogP contribution in [0.2, 0.25) is 0 Å². The molecular formula is C12H26B2O3S. The van der Waals surface area contributed by atoms with Crippen LogP contribution in [0.1, 0.15) is 55.4 Å². The lowest BCUT2D eigenvalue weighted by Gasteiger charge is -2.38. The first-order valence-corrected chi connectivity index (χ1v) is 6.95. The quantitative estimate of drug-likeness (QED) is 0.629. The smallest absolute Gasteiger partial charge is 0.435 e. The van der Waals surface area contributed by atoms with Crippen LogP contribution in [0.3, 0.4) is 0 Å². The maximum absolute atomic E-state index is 5.94. The van der Waals surface area contributed by atoms with Crippen molar-refractivity contribution in [1.29, 1.82) is 0 Å². The highest BCUT2D eigenvalue weighted by Crippen LogP contribution is 2.37. The average Bonchev–Trinajstić information content (AvgIpc) is 2.30. The van der Waals surface area contributed by atoms with Crippen molar-refractivity contribution < 1.29 is 14.0 Å². The summed E-state index contributed by atoms with van der Waals surface area (Å²) in [6.45, 7) is 16.3. The van der Waals surface area contributed by atoms with Gasteiger partial charge in [-0.05, 0) is 55.4 Å². The van der Waals surface area contributed by atoms with E-state index >= 15 is 0 Å². The second-order valence-electron chi connectivity index (χ2n) is 7.07. The van der Waals surface area contributed by atoms with Crippen LogP contribution in [-0.2, 0) is 14.0 Å². The van der Waals surface area contributed by atoms with E-state index in [0.717, 1.165) is 0 Å². The first-order valence-electron chi connectivity index (χ1n) is 6.50. The topological polar surface area (TPSA) is 27.7 Å². The zero-order valence-corrected chi connectivity index (χ0v) is 13.9. The predicted molar refractivity (Wildman–Crippen MR) is 81.5 cm³/mol. The second kappa shape index (κ2) is 4.72. The Morgan fingerprint density at radius 2 is 1.39 bits per heavy atom. The third-order valence-electron chi connectivity index (χ3n) is 4.36. The molecule has 104 valence electrons. The van der Waals surface area contributed by atoms with Crippen molar-refractivity contribution in [3.63, 3.8) is 0 Å². The first-order chi connectivity index (χ1) is 7.79. The van der Waals surface area contributed by atoms with E-state index in [1.165, 1.54) is 0 Å². The van der Waals surface area contributed by atoms with Crippen LogP contribution >= 0.6 is 12.6 Å². The summed E-state index contributed by atoms with van der Waals surface area (Å²) in [6, 6.07) is 0. The predicted octanol–water partition coefficient (Wildman–Crippen LogP) is 2.43. The van der Waals surface area contributed by atoms with E-state index in [-0.39, 0.29) is 28.6 Å². The van der Waals surface area contributed by atoms with Crippen molar-refractivity contribution >= 4 is 27.0 Å². The molecule has 0 unspecified atom stereocenters. The molecule has 0 N–H and O–H groups in total. The number of hydrogen-bond acceptors (Lipinski definition) is 4. The van der Waals surface area contributed by atoms with Crippen molar-refractivity contribution in [3.05, 3.63) is 0 Å². The van der Waals surface area contributed by atoms with Crippen LogP contribution in [-0.4, -0.2) is 35.9 Å². The Morgan fingerprint density at radius 3 is 1.72 bits per heavy atom. The van der Waals surface area contributed by atoms with Crippen molar-refractivity contribution in [2.24, 2.45) is 0 Å². The van der Waals surface area contributed by atoms with Gasteiger partial charge in [-0.3, -0.25) is 0 Å². The fraction of sp³-hybridized carbons (Fsp3) is 1.00. The van der Waals surface area contributed by atoms with Crippen LogP contribution < -0.4 is 0 Å². The summed E-state index contributed by atoms with van der Waals surface area (Å²) < 4.78 is 17.5. The highest BCUT2D eigenvalue weighted by atomic mass is 32.1. The van der Waals surface area contributed by atoms with Gasteiger partial charge in [-0.1, -0.05) is 0 Å². The molecule has 1 rings (SSSR count). The summed E-state index contributed by atoms with van der Waals surface area (Å²) in [5, 5.41) is 0. The largest absolute Gasteiger partial charge is 0.441 e. The third-order valence-corrected chi connectivity index (χ3v) is 4.89. The van der Waals surface area contributed by atoms with E-state index in [4.69, 9.17) is 14.0 Å². The van der Waals surface area contributed by atoms with Gasteiger partial charge >= 0.3 is 14.4 Å². The second-order valence-corrected chi connectivity index (χ2v) is 8.18. The molecule has 0 aromatic heterocycles. The molecule has 0 aromatic carbocycles. The van der Waals surface area contributed by atoms with E-state index in [1.807, 2.05) is 55.4 Å². The van der Waals surface area contributed by atoms with Gasteiger partial charge in [0, 0.05) is 4.75 Å². The fourth-order valence-electron chi connectivity index (χ4n) is 1.49. The Morgan fingerprint density at radius 1 is 1.00 bits per heavy atom. The molecule has 3 nitrogen and oxygen atoms in total. The number of rotatable bonds is 4. The van der Waals surface area contributed by atoms with Crippen molar-refractivity contribution in [2.45, 2.75) is 76.9 Å². The van der Waals surface area contributed by atoms with Crippen LogP contribution in [0.5, 0.6) is 0 Å². The SMILES string of the molecule is CC(C)(S)C(C)(C)OBB1OC(C)(C)C(C)(C)O1. The minimum Gasteiger partial charge on any atom is -0.435 e. The average molecular weight is 272 g/mol. The van der Waals surface area contributed by atoms with Gasteiger partial charge in [0.25, 0.3) is 0 Å². The summed E-state index contributed by atoms with van der Waals surface area (Å²) in [4.78, 5) is 0. The zero-order chi connectivity index (χ0) is 14.4. The Hall–Kier alpha value is 0.360. The summed E-state index contributed by atoms with van der Waals surface area (Å²) >= 11 is 4.57. The molecule has 1 fully saturated rings. The molecule has 18 heavy (non-hydrogen) atoms. The lowest BCUT2D eigenvalue weighted by Crippen LogP contribution is -2.47. The Balaban J connectivity index is 2.58. The third kappa shape index (κ3) is 3.27. The van der Waals surface area contributed by atoms with E-state index in [0.29, 0.717) is 7.37 Å². The lowest BCUT2D eigenvalue weighted by molar-refractivity contribution is 0.00578. The van der Waals surface area contributed by atoms with Crippen LogP contribution in [0.4, 0.5) is 0 Å². The van der Waals surface area contributed by atoms with E-state index < -0.39 is 0 Å². The molecule has 0 atom stereocenters. The Kier molecular flexibility index (Phi) is 4.31. The monoisotopic (exact) mass is 272 g/mol. The molecule has 0 spiro atoms. The van der Waals surface area contributed by atoms with Gasteiger partial charge in [0.15, 0.2) is 0 Å². The maximum Gasteiger partial charge on any atom is 0.441 e. The minimum absolute atomic E-state index is 0.226. The van der Waals surface area contributed by atoms with Crippen molar-refractivity contribution in [2.75, 3.05) is 0 Å². The molecule has 1 aliphatic rings. The lowest BCUT2D eigenvalue weighted by atomic mass is 9.55. The highest BCUT2D eigenvalue weighted by molar-refractivity contribution is 7.81. The van der Waals surface area contributed by atoms with E-state index in [9.17, 15) is 0 Å². The maximum atomic E-state index is 5.94. The first kappa shape index (κ1) is 16.4. The van der Waals surface area contributed by atoms with Crippen LogP contribution in [0, 0.1) is 0 Å². The summed E-state index contributed by atoms with van der Waals surface area (Å²) in [6.07, 6.45) is 0. The zero-order valence-electron chi connectivity index (χ0n) is 13.0. The van der Waals surface area contributed by atoms with Gasteiger partial charge in [0.2, 0.25) is 0 Å². The molecule has 1 saturated heterocycles. The van der Waals surface area contributed by atoms with Crippen molar-refractivity contribution in [3.8, 4) is 0 Å². The Labute approximate surface area is 118 Å². The van der Waals surface area contributed by atoms with Gasteiger partial charge in [0.05, 0.1) is 16.8 Å². The molecule has 6 heteroatoms. The van der Waals surface area contributed by atoms with Gasteiger partial charge in [-0.15, -0.1) is 0 Å². The Bertz CT molecular complexity index is 295. The molecular weight excluding hydrogens is 246 g/mol. The summed E-state index contributed by atoms with van der Waals surface area (Å²) in [7, 11) is 0.106. The molecule has 1 heterocycles.